The van der Waals surface area contributed by atoms with E-state index in [1.54, 1.807) is 11.8 Å². The lowest BCUT2D eigenvalue weighted by Crippen LogP contribution is -2.54. The maximum atomic E-state index is 13.0. The van der Waals surface area contributed by atoms with Crippen LogP contribution in [-0.2, 0) is 20.7 Å². The highest BCUT2D eigenvalue weighted by Crippen LogP contribution is 2.29. The van der Waals surface area contributed by atoms with Crippen molar-refractivity contribution in [2.75, 3.05) is 37.7 Å². The third-order valence-electron chi connectivity index (χ3n) is 5.02. The van der Waals surface area contributed by atoms with Crippen LogP contribution in [0.2, 0.25) is 0 Å². The molecule has 0 saturated carbocycles. The van der Waals surface area contributed by atoms with Gasteiger partial charge in [-0.05, 0) is 25.0 Å². The Kier molecular flexibility index (Phi) is 5.56. The molecular formula is C19H25N3O4. The van der Waals surface area contributed by atoms with E-state index in [1.165, 1.54) is 4.90 Å². The van der Waals surface area contributed by atoms with E-state index in [1.807, 2.05) is 36.1 Å². The summed E-state index contributed by atoms with van der Waals surface area (Å²) in [5.74, 6) is -0.325. The van der Waals surface area contributed by atoms with Crippen molar-refractivity contribution in [2.45, 2.75) is 32.7 Å². The zero-order chi connectivity index (χ0) is 18.7. The molecule has 0 aliphatic carbocycles. The number of carbonyl (C=O) groups excluding carboxylic acids is 3. The Hall–Kier alpha value is -2.41. The smallest absolute Gasteiger partial charge is 0.409 e. The van der Waals surface area contributed by atoms with Gasteiger partial charge in [0.15, 0.2) is 0 Å². The topological polar surface area (TPSA) is 70.2 Å². The highest BCUT2D eigenvalue weighted by molar-refractivity contribution is 6.22. The second kappa shape index (κ2) is 7.86. The molecule has 2 fully saturated rings. The second-order valence-corrected chi connectivity index (χ2v) is 6.49. The fraction of sp³-hybridized carbons (Fsp3) is 0.526. The van der Waals surface area contributed by atoms with Gasteiger partial charge in [-0.1, -0.05) is 25.1 Å². The Morgan fingerprint density at radius 3 is 2.46 bits per heavy atom. The van der Waals surface area contributed by atoms with E-state index in [-0.39, 0.29) is 24.3 Å². The predicted molar refractivity (Wildman–Crippen MR) is 96.9 cm³/mol. The standard InChI is InChI=1S/C19H25N3O4/c1-3-14-7-5-6-8-15(14)22-17(23)13-16(18(22)24)20-9-11-21(12-10-20)19(25)26-4-2/h5-8,16H,3-4,9-13H2,1-2H3/t16-/m1/s1. The molecule has 0 aromatic heterocycles. The number of imide groups is 1. The molecule has 1 atom stereocenters. The van der Waals surface area contributed by atoms with E-state index in [0.29, 0.717) is 38.5 Å². The van der Waals surface area contributed by atoms with E-state index < -0.39 is 6.04 Å². The van der Waals surface area contributed by atoms with Crippen LogP contribution in [-0.4, -0.2) is 66.5 Å². The van der Waals surface area contributed by atoms with Crippen LogP contribution >= 0.6 is 0 Å². The van der Waals surface area contributed by atoms with Gasteiger partial charge in [-0.25, -0.2) is 9.69 Å². The number of hydrogen-bond acceptors (Lipinski definition) is 5. The lowest BCUT2D eigenvalue weighted by Gasteiger charge is -2.36. The minimum atomic E-state index is -0.447. The molecule has 0 bridgehead atoms. The molecule has 0 spiro atoms. The summed E-state index contributed by atoms with van der Waals surface area (Å²) in [6.07, 6.45) is 0.631. The van der Waals surface area contributed by atoms with Crippen LogP contribution in [0.4, 0.5) is 10.5 Å². The molecule has 140 valence electrons. The molecular weight excluding hydrogens is 334 g/mol. The summed E-state index contributed by atoms with van der Waals surface area (Å²) in [7, 11) is 0. The van der Waals surface area contributed by atoms with E-state index in [4.69, 9.17) is 4.74 Å². The van der Waals surface area contributed by atoms with E-state index in [9.17, 15) is 14.4 Å². The van der Waals surface area contributed by atoms with Gasteiger partial charge >= 0.3 is 6.09 Å². The number of para-hydroxylation sites is 1. The number of hydrogen-bond donors (Lipinski definition) is 0. The van der Waals surface area contributed by atoms with Crippen LogP contribution < -0.4 is 4.90 Å². The number of carbonyl (C=O) groups is 3. The number of anilines is 1. The monoisotopic (exact) mass is 359 g/mol. The molecule has 0 N–H and O–H groups in total. The molecule has 3 rings (SSSR count). The van der Waals surface area contributed by atoms with Crippen LogP contribution in [0.3, 0.4) is 0 Å². The number of benzene rings is 1. The van der Waals surface area contributed by atoms with Crippen LogP contribution in [0.25, 0.3) is 0 Å². The molecule has 1 aromatic carbocycles. The maximum absolute atomic E-state index is 13.0. The summed E-state index contributed by atoms with van der Waals surface area (Å²) in [6.45, 7) is 6.26. The van der Waals surface area contributed by atoms with Crippen molar-refractivity contribution in [3.05, 3.63) is 29.8 Å². The SMILES string of the molecule is CCOC(=O)N1CCN([C@@H]2CC(=O)N(c3ccccc3CC)C2=O)CC1. The minimum absolute atomic E-state index is 0.159. The lowest BCUT2D eigenvalue weighted by molar-refractivity contribution is -0.123. The predicted octanol–water partition coefficient (Wildman–Crippen LogP) is 1.65. The van der Waals surface area contributed by atoms with Crippen molar-refractivity contribution in [1.82, 2.24) is 9.80 Å². The minimum Gasteiger partial charge on any atom is -0.450 e. The second-order valence-electron chi connectivity index (χ2n) is 6.49. The van der Waals surface area contributed by atoms with Crippen molar-refractivity contribution in [3.8, 4) is 0 Å². The first kappa shape index (κ1) is 18.4. The number of ether oxygens (including phenoxy) is 1. The normalized spacial score (nSPS) is 21.4. The van der Waals surface area contributed by atoms with Gasteiger partial charge in [0.1, 0.15) is 0 Å². The van der Waals surface area contributed by atoms with Crippen molar-refractivity contribution in [2.24, 2.45) is 0 Å². The van der Waals surface area contributed by atoms with Crippen molar-refractivity contribution in [1.29, 1.82) is 0 Å². The van der Waals surface area contributed by atoms with E-state index in [2.05, 4.69) is 0 Å². The molecule has 2 aliphatic rings. The zero-order valence-electron chi connectivity index (χ0n) is 15.3. The molecule has 26 heavy (non-hydrogen) atoms. The molecule has 2 aliphatic heterocycles. The summed E-state index contributed by atoms with van der Waals surface area (Å²) in [4.78, 5) is 42.3. The van der Waals surface area contributed by atoms with Crippen molar-refractivity contribution >= 4 is 23.6 Å². The molecule has 1 aromatic rings. The first-order chi connectivity index (χ1) is 12.6. The number of piperazine rings is 1. The highest BCUT2D eigenvalue weighted by Gasteiger charge is 2.44. The number of amides is 3. The number of aryl methyl sites for hydroxylation is 1. The molecule has 0 radical (unpaired) electrons. The Bertz CT molecular complexity index is 698. The van der Waals surface area contributed by atoms with Gasteiger partial charge in [0, 0.05) is 26.2 Å². The zero-order valence-corrected chi connectivity index (χ0v) is 15.3. The van der Waals surface area contributed by atoms with Crippen molar-refractivity contribution in [3.63, 3.8) is 0 Å². The van der Waals surface area contributed by atoms with Gasteiger partial charge in [0.05, 0.1) is 24.8 Å². The van der Waals surface area contributed by atoms with Crippen LogP contribution in [0.15, 0.2) is 24.3 Å². The summed E-state index contributed by atoms with van der Waals surface area (Å²) in [5.41, 5.74) is 1.68. The van der Waals surface area contributed by atoms with Gasteiger partial charge in [0.2, 0.25) is 5.91 Å². The summed E-state index contributed by atoms with van der Waals surface area (Å²) < 4.78 is 5.02. The average Bonchev–Trinajstić information content (AvgIpc) is 2.96. The fourth-order valence-electron chi connectivity index (χ4n) is 3.61. The third kappa shape index (κ3) is 3.44. The quantitative estimate of drug-likeness (QED) is 0.765. The van der Waals surface area contributed by atoms with Gasteiger partial charge in [-0.3, -0.25) is 14.5 Å². The highest BCUT2D eigenvalue weighted by atomic mass is 16.6. The van der Waals surface area contributed by atoms with Crippen molar-refractivity contribution < 1.29 is 19.1 Å². The summed E-state index contributed by atoms with van der Waals surface area (Å²) >= 11 is 0. The summed E-state index contributed by atoms with van der Waals surface area (Å²) in [6, 6.07) is 7.09. The van der Waals surface area contributed by atoms with E-state index >= 15 is 0 Å². The van der Waals surface area contributed by atoms with Gasteiger partial charge in [0.25, 0.3) is 5.91 Å². The molecule has 3 amide bonds. The van der Waals surface area contributed by atoms with Crippen LogP contribution in [0.1, 0.15) is 25.8 Å². The first-order valence-corrected chi connectivity index (χ1v) is 9.17. The fourth-order valence-corrected chi connectivity index (χ4v) is 3.61. The average molecular weight is 359 g/mol. The van der Waals surface area contributed by atoms with Crippen LogP contribution in [0.5, 0.6) is 0 Å². The lowest BCUT2D eigenvalue weighted by atomic mass is 10.1. The third-order valence-corrected chi connectivity index (χ3v) is 5.02. The molecule has 7 heteroatoms. The molecule has 7 nitrogen and oxygen atoms in total. The van der Waals surface area contributed by atoms with Gasteiger partial charge in [-0.2, -0.15) is 0 Å². The first-order valence-electron chi connectivity index (χ1n) is 9.17. The molecule has 0 unspecified atom stereocenters. The largest absolute Gasteiger partial charge is 0.450 e. The maximum Gasteiger partial charge on any atom is 0.409 e. The Morgan fingerprint density at radius 2 is 1.81 bits per heavy atom. The van der Waals surface area contributed by atoms with Crippen LogP contribution in [0, 0.1) is 0 Å². The van der Waals surface area contributed by atoms with Gasteiger partial charge < -0.3 is 9.64 Å². The molecule has 2 saturated heterocycles. The Morgan fingerprint density at radius 1 is 1.12 bits per heavy atom. The summed E-state index contributed by atoms with van der Waals surface area (Å²) in [5, 5.41) is 0. The molecule has 2 heterocycles. The van der Waals surface area contributed by atoms with E-state index in [0.717, 1.165) is 12.0 Å². The van der Waals surface area contributed by atoms with Gasteiger partial charge in [-0.15, -0.1) is 0 Å². The number of rotatable bonds is 4. The Labute approximate surface area is 153 Å². The number of nitrogens with zero attached hydrogens (tertiary/aromatic N) is 3. The Balaban J connectivity index is 1.69.